The lowest BCUT2D eigenvalue weighted by Crippen LogP contribution is -1.68. The van der Waals surface area contributed by atoms with E-state index in [9.17, 15) is 4.79 Å². The highest BCUT2D eigenvalue weighted by Gasteiger charge is 1.77. The van der Waals surface area contributed by atoms with E-state index in [4.69, 9.17) is 5.11 Å². The first kappa shape index (κ1) is 4.99. The third-order valence-electron chi connectivity index (χ3n) is 0.0781. The Labute approximate surface area is 35.6 Å². The van der Waals surface area contributed by atoms with Crippen molar-refractivity contribution in [2.45, 2.75) is 0 Å². The van der Waals surface area contributed by atoms with Crippen LogP contribution in [0.4, 0.5) is 4.79 Å². The molecule has 0 spiro atoms. The molecule has 1 N–H and O–H groups in total. The minimum Gasteiger partial charge on any atom is -0.474 e. The van der Waals surface area contributed by atoms with Crippen LogP contribution in [0.5, 0.6) is 0 Å². The molecule has 0 radical (unpaired) electrons. The van der Waals surface area contributed by atoms with Gasteiger partial charge >= 0.3 is 5.71 Å². The predicted molar refractivity (Wildman–Crippen MR) is 22.3 cm³/mol. The van der Waals surface area contributed by atoms with Gasteiger partial charge in [0.05, 0.1) is 7.36 Å². The summed E-state index contributed by atoms with van der Waals surface area (Å²) in [5, 5.41) is 7.61. The summed E-state index contributed by atoms with van der Waals surface area (Å²) < 4.78 is 0. The molecule has 0 aliphatic heterocycles. The molecule has 0 saturated carbocycles. The van der Waals surface area contributed by atoms with E-state index in [2.05, 4.69) is 11.8 Å². The second-order valence-electron chi connectivity index (χ2n) is 0.374. The minimum absolute atomic E-state index is 0.00309. The van der Waals surface area contributed by atoms with Gasteiger partial charge < -0.3 is 5.11 Å². The zero-order valence-electron chi connectivity index (χ0n) is 2.21. The summed E-state index contributed by atoms with van der Waals surface area (Å²) in [5.74, 6) is 0. The Hall–Kier alpha value is -0.0100. The zero-order valence-corrected chi connectivity index (χ0v) is 3.92. The molecule has 0 saturated heterocycles. The van der Waals surface area contributed by atoms with Gasteiger partial charge in [-0.3, -0.25) is 0 Å². The summed E-state index contributed by atoms with van der Waals surface area (Å²) in [4.78, 5) is 9.25. The smallest absolute Gasteiger partial charge is 0.365 e. The van der Waals surface area contributed by atoms with Gasteiger partial charge in [0.1, 0.15) is 0 Å². The number of carbonyl (C=O) groups is 1. The molecule has 0 aromatic heterocycles. The second kappa shape index (κ2) is 2.24. The highest BCUT2D eigenvalue weighted by molar-refractivity contribution is 8.03. The largest absolute Gasteiger partial charge is 0.474 e. The molecule has 0 aromatic rings. The third kappa shape index (κ3) is 3.99. The van der Waals surface area contributed by atoms with Gasteiger partial charge in [0.2, 0.25) is 0 Å². The summed E-state index contributed by atoms with van der Waals surface area (Å²) in [6, 6.07) is 0. The number of hydrogen-bond acceptors (Lipinski definition) is 2. The molecule has 0 fully saturated rings. The van der Waals surface area contributed by atoms with Gasteiger partial charge in [-0.2, -0.15) is 0 Å². The van der Waals surface area contributed by atoms with E-state index in [0.717, 1.165) is 0 Å². The van der Waals surface area contributed by atoms with E-state index >= 15 is 0 Å². The van der Waals surface area contributed by atoms with E-state index in [1.165, 1.54) is 0 Å². The van der Waals surface area contributed by atoms with E-state index in [1.54, 1.807) is 0 Å². The van der Waals surface area contributed by atoms with E-state index in [0.29, 0.717) is 0 Å². The monoisotopic (exact) mass is 108 g/mol. The predicted octanol–water partition coefficient (Wildman–Crippen LogP) is 1.07. The number of rotatable bonds is 1. The fourth-order valence-corrected chi connectivity index (χ4v) is 0. The van der Waals surface area contributed by atoms with Gasteiger partial charge in [-0.25, -0.2) is 4.79 Å². The molecule has 28 valence electrons. The van der Waals surface area contributed by atoms with Crippen LogP contribution in [0, 0.1) is 0 Å². The zero-order chi connectivity index (χ0) is 4.28. The average Bonchev–Trinajstić information content (AvgIpc) is 1.38. The fourth-order valence-electron chi connectivity index (χ4n) is 0. The van der Waals surface area contributed by atoms with Gasteiger partial charge in [-0.05, 0) is 11.8 Å². The van der Waals surface area contributed by atoms with Crippen LogP contribution in [-0.2, 0) is 11.8 Å². The molecule has 0 aromatic carbocycles. The quantitative estimate of drug-likeness (QED) is 0.510. The maximum absolute atomic E-state index is 9.25. The Morgan fingerprint density at radius 3 is 2.20 bits per heavy atom. The van der Waals surface area contributed by atoms with Gasteiger partial charge in [0.15, 0.2) is 0 Å². The summed E-state index contributed by atoms with van der Waals surface area (Å²) >= 11 is 4.05. The molecule has 0 heterocycles. The molecule has 0 atom stereocenters. The summed E-state index contributed by atoms with van der Waals surface area (Å²) in [5.41, 5.74) is -0.958. The Kier molecular flexibility index (Phi) is 2.24. The van der Waals surface area contributed by atoms with Crippen molar-refractivity contribution in [2.24, 2.45) is 0 Å². The number of hydrogen-bond donors (Lipinski definition) is 1. The van der Waals surface area contributed by atoms with Gasteiger partial charge in [-0.1, -0.05) is 0 Å². The lowest BCUT2D eigenvalue weighted by atomic mass is 11.6. The van der Waals surface area contributed by atoms with Crippen molar-refractivity contribution in [2.75, 3.05) is 0 Å². The van der Waals surface area contributed by atoms with Crippen LogP contribution in [-0.4, -0.2) is 10.8 Å². The molecule has 4 heteroatoms. The molecular weight excluding hydrogens is 107 g/mol. The molecule has 0 aliphatic carbocycles. The van der Waals surface area contributed by atoms with Crippen molar-refractivity contribution < 1.29 is 9.90 Å². The fraction of sp³-hybridized carbons (Fsp3) is 0. The van der Waals surface area contributed by atoms with Crippen LogP contribution in [0.15, 0.2) is 0 Å². The van der Waals surface area contributed by atoms with Crippen molar-refractivity contribution >= 4 is 24.9 Å². The molecule has 0 aliphatic rings. The maximum Gasteiger partial charge on any atom is 0.365 e. The van der Waals surface area contributed by atoms with Crippen LogP contribution in [0.3, 0.4) is 0 Å². The number of carboxylic acid groups (broad SMARTS) is 1. The molecule has 0 amide bonds. The van der Waals surface area contributed by atoms with Crippen LogP contribution in [0.2, 0.25) is 0 Å². The minimum atomic E-state index is -0.958. The highest BCUT2D eigenvalue weighted by atomic mass is 32.4. The van der Waals surface area contributed by atoms with E-state index < -0.39 is 5.71 Å². The molecule has 2 nitrogen and oxygen atoms in total. The summed E-state index contributed by atoms with van der Waals surface area (Å²) in [6.45, 7) is 0. The molecule has 0 bridgehead atoms. The Balaban J connectivity index is 3.20. The van der Waals surface area contributed by atoms with Crippen molar-refractivity contribution in [1.29, 1.82) is 0 Å². The summed E-state index contributed by atoms with van der Waals surface area (Å²) in [7, 11) is -0.00309. The first-order valence-corrected chi connectivity index (χ1v) is 2.74. The van der Waals surface area contributed by atoms with Gasteiger partial charge in [0, 0.05) is 0 Å². The lowest BCUT2D eigenvalue weighted by Gasteiger charge is -1.61. The normalized spacial score (nSPS) is 8.00. The molecule has 0 unspecified atom stereocenters. The Morgan fingerprint density at radius 1 is 2.00 bits per heavy atom. The molecular formula is CHO2PS. The lowest BCUT2D eigenvalue weighted by molar-refractivity contribution is 0.222. The van der Waals surface area contributed by atoms with Crippen molar-refractivity contribution in [3.8, 4) is 0 Å². The molecule has 0 rings (SSSR count). The van der Waals surface area contributed by atoms with Crippen molar-refractivity contribution in [1.82, 2.24) is 0 Å². The topological polar surface area (TPSA) is 37.3 Å². The van der Waals surface area contributed by atoms with E-state index in [1.807, 2.05) is 0 Å². The van der Waals surface area contributed by atoms with Crippen molar-refractivity contribution in [3.63, 3.8) is 0 Å². The van der Waals surface area contributed by atoms with Crippen molar-refractivity contribution in [3.05, 3.63) is 0 Å². The first-order chi connectivity index (χ1) is 2.27. The van der Waals surface area contributed by atoms with Crippen LogP contribution >= 0.6 is 7.36 Å². The molecule has 5 heavy (non-hydrogen) atoms. The van der Waals surface area contributed by atoms with Crippen LogP contribution < -0.4 is 0 Å². The van der Waals surface area contributed by atoms with E-state index in [-0.39, 0.29) is 7.36 Å². The third-order valence-corrected chi connectivity index (χ3v) is 0.703. The SMILES string of the molecule is O=C(O)P=S. The average molecular weight is 108 g/mol. The van der Waals surface area contributed by atoms with Gasteiger partial charge in [0.25, 0.3) is 0 Å². The maximum atomic E-state index is 9.25. The Morgan fingerprint density at radius 2 is 2.20 bits per heavy atom. The van der Waals surface area contributed by atoms with Crippen LogP contribution in [0.25, 0.3) is 0 Å². The highest BCUT2D eigenvalue weighted by Crippen LogP contribution is 1.88. The van der Waals surface area contributed by atoms with Crippen LogP contribution in [0.1, 0.15) is 0 Å². The second-order valence-corrected chi connectivity index (χ2v) is 1.49. The first-order valence-electron chi connectivity index (χ1n) is 0.834. The van der Waals surface area contributed by atoms with Gasteiger partial charge in [-0.15, -0.1) is 0 Å². The summed E-state index contributed by atoms with van der Waals surface area (Å²) in [6.07, 6.45) is 0. The standard InChI is InChI=1S/CHO2PS/c2-1(3)4-5/h(H,2,3). The Bertz CT molecular complexity index is 60.7.